The van der Waals surface area contributed by atoms with E-state index >= 15 is 0 Å². The fourth-order valence-corrected chi connectivity index (χ4v) is 6.05. The Morgan fingerprint density at radius 2 is 1.49 bits per heavy atom. The summed E-state index contributed by atoms with van der Waals surface area (Å²) < 4.78 is 15.6. The maximum absolute atomic E-state index is 13.8. The minimum Gasteiger partial charge on any atom is -0.473 e. The van der Waals surface area contributed by atoms with Gasteiger partial charge in [0.15, 0.2) is 0 Å². The molecule has 0 atom stereocenters. The summed E-state index contributed by atoms with van der Waals surface area (Å²) in [5.41, 5.74) is 10.1. The van der Waals surface area contributed by atoms with Gasteiger partial charge in [-0.05, 0) is 54.2 Å². The van der Waals surface area contributed by atoms with Gasteiger partial charge in [-0.1, -0.05) is 74.5 Å². The molecule has 2 N–H and O–H groups in total. The molecule has 5 aromatic rings. The number of benzene rings is 3. The van der Waals surface area contributed by atoms with Crippen LogP contribution in [0.25, 0.3) is 16.7 Å². The largest absolute Gasteiger partial charge is 0.473 e. The van der Waals surface area contributed by atoms with Gasteiger partial charge >= 0.3 is 5.69 Å². The van der Waals surface area contributed by atoms with Crippen molar-refractivity contribution in [1.29, 1.82) is 0 Å². The monoisotopic (exact) mass is 605 g/mol. The van der Waals surface area contributed by atoms with E-state index in [9.17, 15) is 9.59 Å². The summed E-state index contributed by atoms with van der Waals surface area (Å²) in [6.45, 7) is 6.15. The molecule has 3 heterocycles. The van der Waals surface area contributed by atoms with Gasteiger partial charge in [0.1, 0.15) is 18.9 Å². The van der Waals surface area contributed by atoms with Gasteiger partial charge in [-0.3, -0.25) is 13.9 Å². The second kappa shape index (κ2) is 12.5. The number of imidazole rings is 1. The summed E-state index contributed by atoms with van der Waals surface area (Å²) in [5.74, 6) is 0.698. The second-order valence-electron chi connectivity index (χ2n) is 12.2. The van der Waals surface area contributed by atoms with Crippen molar-refractivity contribution < 1.29 is 14.3 Å². The molecule has 0 saturated carbocycles. The number of carbonyl (C=O) groups is 1. The number of aryl methyl sites for hydroxylation is 1. The number of aromatic nitrogens is 3. The van der Waals surface area contributed by atoms with E-state index in [2.05, 4.69) is 11.0 Å². The maximum atomic E-state index is 13.8. The molecule has 0 radical (unpaired) electrons. The smallest absolute Gasteiger partial charge is 0.333 e. The number of amides is 1. The number of piperidine rings is 1. The highest BCUT2D eigenvalue weighted by Crippen LogP contribution is 2.37. The second-order valence-corrected chi connectivity index (χ2v) is 12.2. The van der Waals surface area contributed by atoms with Gasteiger partial charge in [0.2, 0.25) is 17.7 Å². The average Bonchev–Trinajstić information content (AvgIpc) is 3.32. The summed E-state index contributed by atoms with van der Waals surface area (Å²) in [7, 11) is 1.78. The van der Waals surface area contributed by atoms with E-state index in [0.29, 0.717) is 24.1 Å². The minimum atomic E-state index is -0.534. The van der Waals surface area contributed by atoms with Crippen molar-refractivity contribution in [2.24, 2.45) is 24.1 Å². The fraction of sp³-hybridized carbons (Fsp3) is 0.306. The molecule has 232 valence electrons. The Balaban J connectivity index is 1.31. The van der Waals surface area contributed by atoms with Gasteiger partial charge in [-0.2, -0.15) is 4.98 Å². The standard InChI is InChI=1S/C36H39N5O4/c1-36(2,34(37)42)27-18-20-40(21-19-27)28-14-15-29-31(22-28)39(3)35(43)41(29)30-16-17-32(44-23-25-10-6-4-7-11-25)38-33(30)45-24-26-12-8-5-9-13-26/h4-17,22,27H,18-21,23-24H2,1-3H3,(H2,37,42). The molecule has 3 aromatic carbocycles. The lowest BCUT2D eigenvalue weighted by molar-refractivity contribution is -0.129. The number of nitrogens with zero attached hydrogens (tertiary/aromatic N) is 4. The molecule has 0 unspecified atom stereocenters. The molecule has 1 aliphatic heterocycles. The number of fused-ring (bicyclic) bond motifs is 1. The molecule has 9 heteroatoms. The SMILES string of the molecule is Cn1c(=O)n(-c2ccc(OCc3ccccc3)nc2OCc2ccccc2)c2ccc(N3CCC(C(C)(C)C(N)=O)CC3)cc21. The number of pyridine rings is 1. The van der Waals surface area contributed by atoms with Crippen LogP contribution in [-0.2, 0) is 25.1 Å². The van der Waals surface area contributed by atoms with Gasteiger partial charge in [-0.25, -0.2) is 4.79 Å². The fourth-order valence-electron chi connectivity index (χ4n) is 6.05. The third-order valence-electron chi connectivity index (χ3n) is 9.06. The van der Waals surface area contributed by atoms with Crippen LogP contribution in [-0.4, -0.2) is 33.1 Å². The number of hydrogen-bond acceptors (Lipinski definition) is 6. The highest BCUT2D eigenvalue weighted by atomic mass is 16.5. The molecular formula is C36H39N5O4. The number of ether oxygens (including phenoxy) is 2. The maximum Gasteiger partial charge on any atom is 0.333 e. The van der Waals surface area contributed by atoms with Gasteiger partial charge in [0.25, 0.3) is 0 Å². The lowest BCUT2D eigenvalue weighted by Gasteiger charge is -2.39. The molecule has 1 aliphatic rings. The van der Waals surface area contributed by atoms with Crippen molar-refractivity contribution in [2.75, 3.05) is 18.0 Å². The van der Waals surface area contributed by atoms with Crippen LogP contribution < -0.4 is 25.8 Å². The van der Waals surface area contributed by atoms with Crippen LogP contribution in [0.5, 0.6) is 11.8 Å². The first-order chi connectivity index (χ1) is 21.7. The zero-order chi connectivity index (χ0) is 31.6. The number of rotatable bonds is 10. The molecular weight excluding hydrogens is 566 g/mol. The number of carbonyl (C=O) groups excluding carboxylic acids is 1. The quantitative estimate of drug-likeness (QED) is 0.222. The number of nitrogens with two attached hydrogens (primary N) is 1. The first-order valence-corrected chi connectivity index (χ1v) is 15.3. The van der Waals surface area contributed by atoms with Crippen molar-refractivity contribution in [3.8, 4) is 17.4 Å². The summed E-state index contributed by atoms with van der Waals surface area (Å²) in [5, 5.41) is 0. The lowest BCUT2D eigenvalue weighted by Crippen LogP contribution is -2.44. The van der Waals surface area contributed by atoms with E-state index in [0.717, 1.165) is 53.8 Å². The zero-order valence-electron chi connectivity index (χ0n) is 26.0. The van der Waals surface area contributed by atoms with Crippen LogP contribution in [0.4, 0.5) is 5.69 Å². The van der Waals surface area contributed by atoms with Crippen LogP contribution in [0.2, 0.25) is 0 Å². The Labute approximate surface area is 262 Å². The molecule has 6 rings (SSSR count). The lowest BCUT2D eigenvalue weighted by atomic mass is 9.73. The van der Waals surface area contributed by atoms with Crippen molar-refractivity contribution >= 4 is 22.6 Å². The van der Waals surface area contributed by atoms with Crippen molar-refractivity contribution in [3.05, 3.63) is 113 Å². The Morgan fingerprint density at radius 3 is 2.11 bits per heavy atom. The van der Waals surface area contributed by atoms with Crippen LogP contribution in [0, 0.1) is 11.3 Å². The first-order valence-electron chi connectivity index (χ1n) is 15.3. The molecule has 0 bridgehead atoms. The number of hydrogen-bond donors (Lipinski definition) is 1. The van der Waals surface area contributed by atoms with Crippen molar-refractivity contribution in [3.63, 3.8) is 0 Å². The van der Waals surface area contributed by atoms with Gasteiger partial charge in [-0.15, -0.1) is 0 Å². The molecule has 2 aromatic heterocycles. The Morgan fingerprint density at radius 1 is 0.867 bits per heavy atom. The zero-order valence-corrected chi connectivity index (χ0v) is 26.0. The molecule has 9 nitrogen and oxygen atoms in total. The summed E-state index contributed by atoms with van der Waals surface area (Å²) in [6, 6.07) is 29.4. The molecule has 1 saturated heterocycles. The van der Waals surface area contributed by atoms with Crippen molar-refractivity contribution in [1.82, 2.24) is 14.1 Å². The van der Waals surface area contributed by atoms with Crippen molar-refractivity contribution in [2.45, 2.75) is 39.9 Å². The van der Waals surface area contributed by atoms with Crippen LogP contribution in [0.15, 0.2) is 95.8 Å². The highest BCUT2D eigenvalue weighted by molar-refractivity contribution is 5.83. The molecule has 1 amide bonds. The summed E-state index contributed by atoms with van der Waals surface area (Å²) >= 11 is 0. The molecule has 0 aliphatic carbocycles. The van der Waals surface area contributed by atoms with E-state index in [1.54, 1.807) is 22.2 Å². The van der Waals surface area contributed by atoms with Gasteiger partial charge in [0, 0.05) is 37.3 Å². The predicted molar refractivity (Wildman–Crippen MR) is 176 cm³/mol. The van der Waals surface area contributed by atoms with E-state index < -0.39 is 5.41 Å². The highest BCUT2D eigenvalue weighted by Gasteiger charge is 2.37. The Bertz CT molecular complexity index is 1860. The summed E-state index contributed by atoms with van der Waals surface area (Å²) in [4.78, 5) is 32.8. The first kappa shape index (κ1) is 30.0. The third-order valence-corrected chi connectivity index (χ3v) is 9.06. The molecule has 0 spiro atoms. The predicted octanol–water partition coefficient (Wildman–Crippen LogP) is 5.61. The number of anilines is 1. The normalized spacial score (nSPS) is 14.1. The van der Waals surface area contributed by atoms with E-state index in [-0.39, 0.29) is 24.1 Å². The number of primary amides is 1. The average molecular weight is 606 g/mol. The van der Waals surface area contributed by atoms with E-state index in [1.165, 1.54) is 0 Å². The third kappa shape index (κ3) is 6.16. The minimum absolute atomic E-state index is 0.201. The molecule has 1 fully saturated rings. The van der Waals surface area contributed by atoms with Gasteiger partial charge in [0.05, 0.1) is 11.0 Å². The van der Waals surface area contributed by atoms with Crippen LogP contribution >= 0.6 is 0 Å². The Hall–Kier alpha value is -5.05. The van der Waals surface area contributed by atoms with Gasteiger partial charge < -0.3 is 20.1 Å². The van der Waals surface area contributed by atoms with Crippen LogP contribution in [0.1, 0.15) is 37.8 Å². The topological polar surface area (TPSA) is 105 Å². The molecule has 45 heavy (non-hydrogen) atoms. The van der Waals surface area contributed by atoms with E-state index in [4.69, 9.17) is 20.2 Å². The summed E-state index contributed by atoms with van der Waals surface area (Å²) in [6.07, 6.45) is 1.75. The van der Waals surface area contributed by atoms with E-state index in [1.807, 2.05) is 92.7 Å². The van der Waals surface area contributed by atoms with Crippen LogP contribution in [0.3, 0.4) is 0 Å². The Kier molecular flexibility index (Phi) is 8.34.